The standard InChI is InChI=1S/C23H21N3O/c1-2-26-21-11-7-6-10-19(21)20-14-18(12-13-22(20)26)16-24-25-23(27)15-17-8-4-3-5-9-17/h3-14,16H,2,15H2,1H3,(H,25,27). The van der Waals surface area contributed by atoms with Crippen LogP contribution in [0.2, 0.25) is 0 Å². The summed E-state index contributed by atoms with van der Waals surface area (Å²) < 4.78 is 2.31. The lowest BCUT2D eigenvalue weighted by Crippen LogP contribution is -2.19. The van der Waals surface area contributed by atoms with Gasteiger partial charge in [0.1, 0.15) is 0 Å². The number of nitrogens with zero attached hydrogens (tertiary/aromatic N) is 2. The largest absolute Gasteiger partial charge is 0.341 e. The van der Waals surface area contributed by atoms with Crippen molar-refractivity contribution in [1.82, 2.24) is 9.99 Å². The molecule has 4 nitrogen and oxygen atoms in total. The van der Waals surface area contributed by atoms with Gasteiger partial charge in [0, 0.05) is 28.4 Å². The molecule has 0 aliphatic heterocycles. The summed E-state index contributed by atoms with van der Waals surface area (Å²) in [6, 6.07) is 24.3. The predicted octanol–water partition coefficient (Wildman–Crippen LogP) is 4.51. The predicted molar refractivity (Wildman–Crippen MR) is 111 cm³/mol. The number of nitrogens with one attached hydrogen (secondary N) is 1. The number of hydrogen-bond acceptors (Lipinski definition) is 2. The van der Waals surface area contributed by atoms with Crippen molar-refractivity contribution in [1.29, 1.82) is 0 Å². The molecule has 4 aromatic rings. The second kappa shape index (κ2) is 7.46. The summed E-state index contributed by atoms with van der Waals surface area (Å²) in [4.78, 5) is 12.0. The Morgan fingerprint density at radius 2 is 1.70 bits per heavy atom. The lowest BCUT2D eigenvalue weighted by atomic mass is 10.1. The average Bonchev–Trinajstić information content (AvgIpc) is 3.02. The Kier molecular flexibility index (Phi) is 4.71. The molecule has 0 aliphatic rings. The zero-order chi connectivity index (χ0) is 18.6. The first-order valence-electron chi connectivity index (χ1n) is 9.13. The van der Waals surface area contributed by atoms with Gasteiger partial charge in [-0.3, -0.25) is 4.79 Å². The van der Waals surface area contributed by atoms with E-state index in [2.05, 4.69) is 58.4 Å². The molecular weight excluding hydrogens is 334 g/mol. The number of hydrogen-bond donors (Lipinski definition) is 1. The van der Waals surface area contributed by atoms with Gasteiger partial charge in [-0.15, -0.1) is 0 Å². The van der Waals surface area contributed by atoms with Crippen molar-refractivity contribution in [3.8, 4) is 0 Å². The van der Waals surface area contributed by atoms with Gasteiger partial charge in [0.05, 0.1) is 12.6 Å². The van der Waals surface area contributed by atoms with Gasteiger partial charge in [-0.25, -0.2) is 5.43 Å². The minimum Gasteiger partial charge on any atom is -0.341 e. The highest BCUT2D eigenvalue weighted by atomic mass is 16.2. The number of fused-ring (bicyclic) bond motifs is 3. The number of rotatable bonds is 5. The lowest BCUT2D eigenvalue weighted by molar-refractivity contribution is -0.120. The number of benzene rings is 3. The number of carbonyl (C=O) groups is 1. The molecule has 0 bridgehead atoms. The first-order valence-corrected chi connectivity index (χ1v) is 9.13. The molecular formula is C23H21N3O. The summed E-state index contributed by atoms with van der Waals surface area (Å²) in [6.45, 7) is 3.08. The van der Waals surface area contributed by atoms with Crippen LogP contribution in [0.25, 0.3) is 21.8 Å². The van der Waals surface area contributed by atoms with E-state index in [1.54, 1.807) is 6.21 Å². The minimum atomic E-state index is -0.124. The summed E-state index contributed by atoms with van der Waals surface area (Å²) in [5.74, 6) is -0.124. The first kappa shape index (κ1) is 17.0. The Bertz CT molecular complexity index is 1130. The molecule has 1 N–H and O–H groups in total. The Morgan fingerprint density at radius 3 is 2.52 bits per heavy atom. The van der Waals surface area contributed by atoms with Gasteiger partial charge < -0.3 is 4.57 Å². The number of amides is 1. The number of aryl methyl sites for hydroxylation is 1. The van der Waals surface area contributed by atoms with E-state index in [1.807, 2.05) is 36.4 Å². The third kappa shape index (κ3) is 3.47. The second-order valence-electron chi connectivity index (χ2n) is 6.49. The topological polar surface area (TPSA) is 46.4 Å². The second-order valence-corrected chi connectivity index (χ2v) is 6.49. The van der Waals surface area contributed by atoms with Crippen molar-refractivity contribution in [2.24, 2.45) is 5.10 Å². The van der Waals surface area contributed by atoms with Crippen LogP contribution in [0, 0.1) is 0 Å². The van der Waals surface area contributed by atoms with Gasteiger partial charge >= 0.3 is 0 Å². The van der Waals surface area contributed by atoms with Gasteiger partial charge in [0.2, 0.25) is 5.91 Å². The quantitative estimate of drug-likeness (QED) is 0.416. The van der Waals surface area contributed by atoms with Gasteiger partial charge in [-0.05, 0) is 36.2 Å². The van der Waals surface area contributed by atoms with Crippen molar-refractivity contribution < 1.29 is 4.79 Å². The van der Waals surface area contributed by atoms with E-state index < -0.39 is 0 Å². The van der Waals surface area contributed by atoms with Gasteiger partial charge in [-0.2, -0.15) is 5.10 Å². The summed E-state index contributed by atoms with van der Waals surface area (Å²) in [6.07, 6.45) is 2.02. The van der Waals surface area contributed by atoms with Crippen molar-refractivity contribution in [3.63, 3.8) is 0 Å². The lowest BCUT2D eigenvalue weighted by Gasteiger charge is -2.03. The van der Waals surface area contributed by atoms with Crippen LogP contribution in [0.4, 0.5) is 0 Å². The Morgan fingerprint density at radius 1 is 0.963 bits per heavy atom. The molecule has 0 atom stereocenters. The summed E-state index contributed by atoms with van der Waals surface area (Å²) in [5.41, 5.74) is 6.99. The van der Waals surface area contributed by atoms with Crippen LogP contribution in [-0.4, -0.2) is 16.7 Å². The van der Waals surface area contributed by atoms with E-state index in [4.69, 9.17) is 0 Å². The highest BCUT2D eigenvalue weighted by Gasteiger charge is 2.09. The molecule has 1 amide bonds. The maximum Gasteiger partial charge on any atom is 0.244 e. The molecule has 0 aliphatic carbocycles. The first-order chi connectivity index (χ1) is 13.3. The third-order valence-corrected chi connectivity index (χ3v) is 4.72. The molecule has 134 valence electrons. The maximum atomic E-state index is 12.0. The van der Waals surface area contributed by atoms with Crippen molar-refractivity contribution >= 4 is 33.9 Å². The molecule has 0 fully saturated rings. The van der Waals surface area contributed by atoms with E-state index in [0.29, 0.717) is 6.42 Å². The van der Waals surface area contributed by atoms with Crippen LogP contribution in [-0.2, 0) is 17.8 Å². The number of carbonyl (C=O) groups excluding carboxylic acids is 1. The van der Waals surface area contributed by atoms with E-state index in [1.165, 1.54) is 21.8 Å². The number of hydrazone groups is 1. The van der Waals surface area contributed by atoms with Crippen LogP contribution in [0.3, 0.4) is 0 Å². The molecule has 0 saturated heterocycles. The molecule has 1 aromatic heterocycles. The van der Waals surface area contributed by atoms with E-state index in [-0.39, 0.29) is 5.91 Å². The molecule has 0 saturated carbocycles. The molecule has 0 unspecified atom stereocenters. The molecule has 1 heterocycles. The smallest absolute Gasteiger partial charge is 0.244 e. The fourth-order valence-corrected chi connectivity index (χ4v) is 3.49. The van der Waals surface area contributed by atoms with E-state index >= 15 is 0 Å². The fraction of sp³-hybridized carbons (Fsp3) is 0.130. The van der Waals surface area contributed by atoms with Crippen molar-refractivity contribution in [3.05, 3.63) is 83.9 Å². The summed E-state index contributed by atoms with van der Waals surface area (Å²) in [7, 11) is 0. The van der Waals surface area contributed by atoms with Crippen molar-refractivity contribution in [2.75, 3.05) is 0 Å². The molecule has 0 spiro atoms. The highest BCUT2D eigenvalue weighted by Crippen LogP contribution is 2.29. The summed E-state index contributed by atoms with van der Waals surface area (Å²) >= 11 is 0. The minimum absolute atomic E-state index is 0.124. The molecule has 4 rings (SSSR count). The van der Waals surface area contributed by atoms with Crippen LogP contribution in [0.15, 0.2) is 77.9 Å². The third-order valence-electron chi connectivity index (χ3n) is 4.72. The number of para-hydroxylation sites is 1. The molecule has 27 heavy (non-hydrogen) atoms. The van der Waals surface area contributed by atoms with Crippen LogP contribution in [0.1, 0.15) is 18.1 Å². The Balaban J connectivity index is 1.55. The van der Waals surface area contributed by atoms with E-state index in [9.17, 15) is 4.79 Å². The Labute approximate surface area is 158 Å². The maximum absolute atomic E-state index is 12.0. The van der Waals surface area contributed by atoms with E-state index in [0.717, 1.165) is 17.7 Å². The molecule has 0 radical (unpaired) electrons. The molecule has 4 heteroatoms. The fourth-order valence-electron chi connectivity index (χ4n) is 3.49. The van der Waals surface area contributed by atoms with Gasteiger partial charge in [-0.1, -0.05) is 54.6 Å². The number of aromatic nitrogens is 1. The summed E-state index contributed by atoms with van der Waals surface area (Å²) in [5, 5.41) is 6.56. The Hall–Kier alpha value is -3.40. The monoisotopic (exact) mass is 355 g/mol. The van der Waals surface area contributed by atoms with Crippen LogP contribution >= 0.6 is 0 Å². The SMILES string of the molecule is CCn1c2ccccc2c2cc(C=NNC(=O)Cc3ccccc3)ccc21. The normalized spacial score (nSPS) is 11.4. The van der Waals surface area contributed by atoms with Gasteiger partial charge in [0.15, 0.2) is 0 Å². The van der Waals surface area contributed by atoms with Crippen molar-refractivity contribution in [2.45, 2.75) is 19.9 Å². The zero-order valence-corrected chi connectivity index (χ0v) is 15.2. The molecule has 3 aromatic carbocycles. The highest BCUT2D eigenvalue weighted by molar-refractivity contribution is 6.09. The van der Waals surface area contributed by atoms with Crippen LogP contribution < -0.4 is 5.43 Å². The van der Waals surface area contributed by atoms with Crippen LogP contribution in [0.5, 0.6) is 0 Å². The zero-order valence-electron chi connectivity index (χ0n) is 15.2. The average molecular weight is 355 g/mol. The van der Waals surface area contributed by atoms with Gasteiger partial charge in [0.25, 0.3) is 0 Å².